The van der Waals surface area contributed by atoms with Gasteiger partial charge in [-0.3, -0.25) is 4.90 Å². The fraction of sp³-hybridized carbons (Fsp3) is 1.00. The van der Waals surface area contributed by atoms with E-state index in [2.05, 4.69) is 5.32 Å². The highest BCUT2D eigenvalue weighted by Gasteiger charge is 2.46. The maximum atomic E-state index is 13.0. The first-order valence-electron chi connectivity index (χ1n) is 6.24. The summed E-state index contributed by atoms with van der Waals surface area (Å²) in [5.74, 6) is 0. The highest BCUT2D eigenvalue weighted by Crippen LogP contribution is 2.29. The maximum absolute atomic E-state index is 13.0. The molecule has 2 aliphatic heterocycles. The second kappa shape index (κ2) is 5.54. The van der Waals surface area contributed by atoms with Gasteiger partial charge < -0.3 is 10.1 Å². The van der Waals surface area contributed by atoms with Gasteiger partial charge in [0, 0.05) is 19.7 Å². The van der Waals surface area contributed by atoms with Crippen LogP contribution < -0.4 is 5.32 Å². The van der Waals surface area contributed by atoms with Crippen LogP contribution in [0.5, 0.6) is 0 Å². The van der Waals surface area contributed by atoms with Crippen LogP contribution in [0.15, 0.2) is 0 Å². The predicted molar refractivity (Wildman–Crippen MR) is 57.6 cm³/mol. The molecule has 0 aliphatic carbocycles. The summed E-state index contributed by atoms with van der Waals surface area (Å²) in [6, 6.07) is -1.41. The first kappa shape index (κ1) is 13.1. The molecule has 2 rings (SSSR count). The van der Waals surface area contributed by atoms with E-state index in [1.807, 2.05) is 0 Å². The van der Waals surface area contributed by atoms with E-state index in [9.17, 15) is 13.2 Å². The molecular formula is C11H19F3N2O. The molecule has 0 amide bonds. The molecule has 0 saturated carbocycles. The molecule has 2 atom stereocenters. The molecule has 2 unspecified atom stereocenters. The summed E-state index contributed by atoms with van der Waals surface area (Å²) in [6.07, 6.45) is -1.16. The van der Waals surface area contributed by atoms with Gasteiger partial charge in [0.2, 0.25) is 0 Å². The Kier molecular flexibility index (Phi) is 4.27. The van der Waals surface area contributed by atoms with Gasteiger partial charge in [-0.2, -0.15) is 13.2 Å². The minimum atomic E-state index is -4.18. The largest absolute Gasteiger partial charge is 0.405 e. The second-order valence-electron chi connectivity index (χ2n) is 4.67. The van der Waals surface area contributed by atoms with Crippen molar-refractivity contribution < 1.29 is 17.9 Å². The Morgan fingerprint density at radius 3 is 2.65 bits per heavy atom. The molecule has 0 bridgehead atoms. The number of ether oxygens (including phenoxy) is 1. The van der Waals surface area contributed by atoms with Crippen LogP contribution in [-0.4, -0.2) is 49.6 Å². The topological polar surface area (TPSA) is 24.5 Å². The Morgan fingerprint density at radius 2 is 2.00 bits per heavy atom. The lowest BCUT2D eigenvalue weighted by molar-refractivity contribution is -0.214. The van der Waals surface area contributed by atoms with E-state index in [4.69, 9.17) is 4.74 Å². The van der Waals surface area contributed by atoms with E-state index in [1.54, 1.807) is 0 Å². The first-order valence-corrected chi connectivity index (χ1v) is 6.24. The van der Waals surface area contributed by atoms with Crippen molar-refractivity contribution in [3.8, 4) is 0 Å². The molecule has 6 heteroatoms. The molecule has 3 nitrogen and oxygen atoms in total. The Morgan fingerprint density at radius 1 is 1.18 bits per heavy atom. The molecule has 17 heavy (non-hydrogen) atoms. The molecule has 0 radical (unpaired) electrons. The number of hydrogen-bond donors (Lipinski definition) is 1. The lowest BCUT2D eigenvalue weighted by Gasteiger charge is -2.39. The summed E-state index contributed by atoms with van der Waals surface area (Å²) < 4.78 is 44.5. The molecule has 2 aliphatic rings. The zero-order valence-electron chi connectivity index (χ0n) is 9.80. The molecular weight excluding hydrogens is 233 g/mol. The Hall–Kier alpha value is -0.330. The van der Waals surface area contributed by atoms with E-state index in [-0.39, 0.29) is 12.8 Å². The molecule has 0 spiro atoms. The van der Waals surface area contributed by atoms with Crippen LogP contribution in [0, 0.1) is 0 Å². The van der Waals surface area contributed by atoms with Crippen molar-refractivity contribution in [1.29, 1.82) is 0 Å². The van der Waals surface area contributed by atoms with Crippen molar-refractivity contribution in [2.24, 2.45) is 0 Å². The van der Waals surface area contributed by atoms with Crippen LogP contribution in [0.25, 0.3) is 0 Å². The van der Waals surface area contributed by atoms with Crippen LogP contribution in [-0.2, 0) is 4.74 Å². The predicted octanol–water partition coefficient (Wildman–Crippen LogP) is 1.74. The normalized spacial score (nSPS) is 33.4. The third-order valence-corrected chi connectivity index (χ3v) is 3.41. The molecule has 1 N–H and O–H groups in total. The average molecular weight is 252 g/mol. The van der Waals surface area contributed by atoms with Gasteiger partial charge in [0.15, 0.2) is 0 Å². The van der Waals surface area contributed by atoms with Crippen LogP contribution >= 0.6 is 0 Å². The highest BCUT2D eigenvalue weighted by atomic mass is 19.4. The van der Waals surface area contributed by atoms with Gasteiger partial charge in [-0.05, 0) is 32.2 Å². The zero-order valence-corrected chi connectivity index (χ0v) is 9.80. The van der Waals surface area contributed by atoms with Gasteiger partial charge in [-0.25, -0.2) is 0 Å². The van der Waals surface area contributed by atoms with Gasteiger partial charge in [-0.15, -0.1) is 0 Å². The lowest BCUT2D eigenvalue weighted by Crippen LogP contribution is -2.55. The Labute approximate surface area is 99.3 Å². The van der Waals surface area contributed by atoms with Gasteiger partial charge >= 0.3 is 6.18 Å². The first-order chi connectivity index (χ1) is 8.09. The zero-order chi connectivity index (χ0) is 12.3. The quantitative estimate of drug-likeness (QED) is 0.769. The van der Waals surface area contributed by atoms with E-state index < -0.39 is 12.2 Å². The molecule has 0 aromatic rings. The standard InChI is InChI=1S/C11H19F3N2O/c12-11(13,14)9-8-15-5-3-6-16(9)10-4-1-2-7-17-10/h9-10,15H,1-8H2. The summed E-state index contributed by atoms with van der Waals surface area (Å²) >= 11 is 0. The summed E-state index contributed by atoms with van der Waals surface area (Å²) in [4.78, 5) is 1.50. The Balaban J connectivity index is 2.07. The van der Waals surface area contributed by atoms with E-state index >= 15 is 0 Å². The van der Waals surface area contributed by atoms with Crippen LogP contribution in [0.1, 0.15) is 25.7 Å². The van der Waals surface area contributed by atoms with Crippen LogP contribution in [0.2, 0.25) is 0 Å². The minimum Gasteiger partial charge on any atom is -0.363 e. The molecule has 2 heterocycles. The summed E-state index contributed by atoms with van der Waals surface area (Å²) in [7, 11) is 0. The monoisotopic (exact) mass is 252 g/mol. The SMILES string of the molecule is FC(F)(F)C1CNCCCN1C1CCCCO1. The van der Waals surface area contributed by atoms with E-state index in [1.165, 1.54) is 4.90 Å². The number of halogens is 3. The fourth-order valence-corrected chi connectivity index (χ4v) is 2.53. The number of hydrogen-bond acceptors (Lipinski definition) is 3. The Bertz CT molecular complexity index is 241. The minimum absolute atomic E-state index is 0.0244. The number of rotatable bonds is 1. The number of alkyl halides is 3. The number of nitrogens with one attached hydrogen (secondary N) is 1. The van der Waals surface area contributed by atoms with Gasteiger partial charge in [0.1, 0.15) is 12.3 Å². The molecule has 100 valence electrons. The van der Waals surface area contributed by atoms with Crippen molar-refractivity contribution in [2.45, 2.75) is 44.1 Å². The van der Waals surface area contributed by atoms with Crippen molar-refractivity contribution in [1.82, 2.24) is 10.2 Å². The lowest BCUT2D eigenvalue weighted by atomic mass is 10.1. The fourth-order valence-electron chi connectivity index (χ4n) is 2.53. The summed E-state index contributed by atoms with van der Waals surface area (Å²) in [5.41, 5.74) is 0. The van der Waals surface area contributed by atoms with Crippen molar-refractivity contribution >= 4 is 0 Å². The van der Waals surface area contributed by atoms with E-state index in [0.717, 1.165) is 19.3 Å². The smallest absolute Gasteiger partial charge is 0.363 e. The summed E-state index contributed by atoms with van der Waals surface area (Å²) in [6.45, 7) is 1.67. The van der Waals surface area contributed by atoms with E-state index in [0.29, 0.717) is 26.1 Å². The maximum Gasteiger partial charge on any atom is 0.405 e. The van der Waals surface area contributed by atoms with Crippen molar-refractivity contribution in [3.63, 3.8) is 0 Å². The molecule has 0 aromatic heterocycles. The third kappa shape index (κ3) is 3.33. The summed E-state index contributed by atoms with van der Waals surface area (Å²) in [5, 5.41) is 2.86. The molecule has 2 fully saturated rings. The van der Waals surface area contributed by atoms with Gasteiger partial charge in [-0.1, -0.05) is 0 Å². The van der Waals surface area contributed by atoms with Crippen LogP contribution in [0.3, 0.4) is 0 Å². The molecule has 2 saturated heterocycles. The second-order valence-corrected chi connectivity index (χ2v) is 4.67. The molecule has 0 aromatic carbocycles. The number of nitrogens with zero attached hydrogens (tertiary/aromatic N) is 1. The van der Waals surface area contributed by atoms with Crippen molar-refractivity contribution in [2.75, 3.05) is 26.2 Å². The van der Waals surface area contributed by atoms with Crippen LogP contribution in [0.4, 0.5) is 13.2 Å². The highest BCUT2D eigenvalue weighted by molar-refractivity contribution is 4.86. The van der Waals surface area contributed by atoms with Gasteiger partial charge in [0.25, 0.3) is 0 Å². The van der Waals surface area contributed by atoms with Crippen molar-refractivity contribution in [3.05, 3.63) is 0 Å². The third-order valence-electron chi connectivity index (χ3n) is 3.41. The van der Waals surface area contributed by atoms with Gasteiger partial charge in [0.05, 0.1) is 0 Å². The average Bonchev–Trinajstić information content (AvgIpc) is 2.54.